The van der Waals surface area contributed by atoms with Gasteiger partial charge in [-0.2, -0.15) is 0 Å². The predicted molar refractivity (Wildman–Crippen MR) is 110 cm³/mol. The van der Waals surface area contributed by atoms with Crippen LogP contribution in [0.15, 0.2) is 78.9 Å². The van der Waals surface area contributed by atoms with Crippen LogP contribution in [0.1, 0.15) is 29.6 Å². The van der Waals surface area contributed by atoms with E-state index >= 15 is 0 Å². The van der Waals surface area contributed by atoms with Crippen LogP contribution in [0.2, 0.25) is 5.02 Å². The summed E-state index contributed by atoms with van der Waals surface area (Å²) in [7, 11) is 0. The lowest BCUT2D eigenvalue weighted by Gasteiger charge is -2.31. The van der Waals surface area contributed by atoms with Gasteiger partial charge in [0.05, 0.1) is 12.1 Å². The Bertz CT molecular complexity index is 1070. The summed E-state index contributed by atoms with van der Waals surface area (Å²) >= 11 is 6.06. The Hall–Kier alpha value is -3.18. The third-order valence-electron chi connectivity index (χ3n) is 5.23. The predicted octanol–water partition coefficient (Wildman–Crippen LogP) is 5.14. The molecule has 28 heavy (non-hydrogen) atoms. The van der Waals surface area contributed by atoms with Crippen molar-refractivity contribution >= 4 is 17.5 Å². The number of rotatable bonds is 3. The maximum Gasteiger partial charge on any atom is 0.243 e. The quantitative estimate of drug-likeness (QED) is 0.528. The molecule has 0 amide bonds. The van der Waals surface area contributed by atoms with E-state index in [-0.39, 0.29) is 12.1 Å². The van der Waals surface area contributed by atoms with E-state index in [1.165, 1.54) is 16.7 Å². The fourth-order valence-corrected chi connectivity index (χ4v) is 3.88. The van der Waals surface area contributed by atoms with Gasteiger partial charge in [0.15, 0.2) is 0 Å². The molecule has 5 rings (SSSR count). The van der Waals surface area contributed by atoms with Crippen molar-refractivity contribution in [2.75, 3.05) is 5.32 Å². The van der Waals surface area contributed by atoms with Crippen LogP contribution in [0.25, 0.3) is 11.1 Å². The summed E-state index contributed by atoms with van der Waals surface area (Å²) in [4.78, 5) is 0. The van der Waals surface area contributed by atoms with Crippen molar-refractivity contribution in [1.29, 1.82) is 0 Å². The second-order valence-corrected chi connectivity index (χ2v) is 7.37. The highest BCUT2D eigenvalue weighted by Crippen LogP contribution is 2.37. The van der Waals surface area contributed by atoms with Gasteiger partial charge in [0.1, 0.15) is 0 Å². The minimum absolute atomic E-state index is 0.0577. The van der Waals surface area contributed by atoms with Gasteiger partial charge in [-0.3, -0.25) is 0 Å². The lowest BCUT2D eigenvalue weighted by molar-refractivity contribution is 0.424. The van der Waals surface area contributed by atoms with Gasteiger partial charge in [-0.15, -0.1) is 0 Å². The van der Waals surface area contributed by atoms with Crippen molar-refractivity contribution in [3.05, 3.63) is 95.0 Å². The van der Waals surface area contributed by atoms with Crippen LogP contribution in [0.4, 0.5) is 5.95 Å². The molecule has 0 saturated carbocycles. The lowest BCUT2D eigenvalue weighted by Crippen LogP contribution is -2.28. The van der Waals surface area contributed by atoms with Crippen molar-refractivity contribution in [1.82, 2.24) is 20.2 Å². The molecule has 3 aromatic carbocycles. The molecule has 1 N–H and O–H groups in total. The van der Waals surface area contributed by atoms with Crippen LogP contribution in [0, 0.1) is 0 Å². The zero-order valence-electron chi connectivity index (χ0n) is 15.0. The van der Waals surface area contributed by atoms with E-state index in [0.717, 1.165) is 17.0 Å². The maximum absolute atomic E-state index is 6.06. The van der Waals surface area contributed by atoms with Crippen LogP contribution >= 0.6 is 11.6 Å². The highest BCUT2D eigenvalue weighted by molar-refractivity contribution is 6.30. The minimum Gasteiger partial charge on any atom is -0.346 e. The molecule has 1 aromatic heterocycles. The number of benzene rings is 3. The number of nitrogens with zero attached hydrogens (tertiary/aromatic N) is 4. The number of hydrogen-bond acceptors (Lipinski definition) is 4. The van der Waals surface area contributed by atoms with Crippen LogP contribution in [-0.2, 0) is 0 Å². The number of nitrogens with one attached hydrogen (secondary N) is 1. The summed E-state index contributed by atoms with van der Waals surface area (Å²) in [5.74, 6) is 0.684. The molecule has 0 fully saturated rings. The molecule has 0 aliphatic carbocycles. The number of tetrazole rings is 1. The number of hydrogen-bond donors (Lipinski definition) is 1. The van der Waals surface area contributed by atoms with Gasteiger partial charge >= 0.3 is 0 Å². The Morgan fingerprint density at radius 3 is 2.25 bits per heavy atom. The third-order valence-corrected chi connectivity index (χ3v) is 5.48. The average molecular weight is 388 g/mol. The van der Waals surface area contributed by atoms with E-state index in [1.807, 2.05) is 35.0 Å². The summed E-state index contributed by atoms with van der Waals surface area (Å²) in [6.45, 7) is 0. The molecule has 0 radical (unpaired) electrons. The first-order valence-corrected chi connectivity index (χ1v) is 9.61. The van der Waals surface area contributed by atoms with Crippen molar-refractivity contribution in [3.63, 3.8) is 0 Å². The van der Waals surface area contributed by atoms with Gasteiger partial charge in [-0.1, -0.05) is 83.4 Å². The van der Waals surface area contributed by atoms with Gasteiger partial charge in [0, 0.05) is 5.02 Å². The first kappa shape index (κ1) is 17.0. The Morgan fingerprint density at radius 2 is 1.50 bits per heavy atom. The molecule has 2 unspecified atom stereocenters. The fourth-order valence-electron chi connectivity index (χ4n) is 3.76. The summed E-state index contributed by atoms with van der Waals surface area (Å²) < 4.78 is 1.85. The number of halogens is 1. The van der Waals surface area contributed by atoms with Crippen molar-refractivity contribution in [2.24, 2.45) is 0 Å². The van der Waals surface area contributed by atoms with Crippen LogP contribution < -0.4 is 5.32 Å². The standard InChI is InChI=1S/C22H18ClN5/c23-19-12-10-18(11-13-19)21-14-20(24-22-25-26-27-28(21)22)17-8-6-16(7-9-17)15-4-2-1-3-5-15/h1-13,20-21H,14H2,(H,24,25,27). The molecule has 2 heterocycles. The first-order chi connectivity index (χ1) is 13.8. The van der Waals surface area contributed by atoms with Gasteiger partial charge in [-0.25, -0.2) is 4.68 Å². The van der Waals surface area contributed by atoms with E-state index in [0.29, 0.717) is 5.95 Å². The topological polar surface area (TPSA) is 55.6 Å². The van der Waals surface area contributed by atoms with E-state index < -0.39 is 0 Å². The molecule has 6 heteroatoms. The smallest absolute Gasteiger partial charge is 0.243 e. The van der Waals surface area contributed by atoms with E-state index in [1.54, 1.807) is 0 Å². The van der Waals surface area contributed by atoms with Crippen molar-refractivity contribution in [2.45, 2.75) is 18.5 Å². The molecule has 1 aliphatic heterocycles. The Kier molecular flexibility index (Phi) is 4.29. The summed E-state index contributed by atoms with van der Waals surface area (Å²) in [5.41, 5.74) is 4.78. The Labute approximate surface area is 168 Å². The average Bonchev–Trinajstić information content (AvgIpc) is 3.23. The summed E-state index contributed by atoms with van der Waals surface area (Å²) in [5, 5.41) is 16.4. The summed E-state index contributed by atoms with van der Waals surface area (Å²) in [6.07, 6.45) is 0.852. The molecule has 0 spiro atoms. The molecule has 138 valence electrons. The molecular weight excluding hydrogens is 370 g/mol. The van der Waals surface area contributed by atoms with Crippen molar-refractivity contribution in [3.8, 4) is 11.1 Å². The number of aromatic nitrogens is 4. The Morgan fingerprint density at radius 1 is 0.821 bits per heavy atom. The number of fused-ring (bicyclic) bond motifs is 1. The lowest BCUT2D eigenvalue weighted by atomic mass is 9.92. The van der Waals surface area contributed by atoms with Gasteiger partial charge in [-0.05, 0) is 51.2 Å². The van der Waals surface area contributed by atoms with Gasteiger partial charge in [0.2, 0.25) is 5.95 Å². The van der Waals surface area contributed by atoms with Crippen molar-refractivity contribution < 1.29 is 0 Å². The van der Waals surface area contributed by atoms with E-state index in [2.05, 4.69) is 69.4 Å². The molecule has 0 saturated heterocycles. The van der Waals surface area contributed by atoms with E-state index in [4.69, 9.17) is 11.6 Å². The molecule has 5 nitrogen and oxygen atoms in total. The van der Waals surface area contributed by atoms with Gasteiger partial charge in [0.25, 0.3) is 0 Å². The minimum atomic E-state index is 0.0577. The van der Waals surface area contributed by atoms with Gasteiger partial charge < -0.3 is 5.32 Å². The van der Waals surface area contributed by atoms with Crippen LogP contribution in [0.5, 0.6) is 0 Å². The highest BCUT2D eigenvalue weighted by Gasteiger charge is 2.30. The SMILES string of the molecule is Clc1ccc(C2CC(c3ccc(-c4ccccc4)cc3)Nc3nnnn32)cc1. The molecular formula is C22H18ClN5. The largest absolute Gasteiger partial charge is 0.346 e. The fraction of sp³-hybridized carbons (Fsp3) is 0.136. The second-order valence-electron chi connectivity index (χ2n) is 6.94. The highest BCUT2D eigenvalue weighted by atomic mass is 35.5. The molecule has 4 aromatic rings. The zero-order valence-corrected chi connectivity index (χ0v) is 15.8. The molecule has 2 atom stereocenters. The third kappa shape index (κ3) is 3.14. The first-order valence-electron chi connectivity index (χ1n) is 9.23. The number of anilines is 1. The van der Waals surface area contributed by atoms with Crippen LogP contribution in [-0.4, -0.2) is 20.2 Å². The second kappa shape index (κ2) is 7.09. The normalized spacial score (nSPS) is 18.3. The monoisotopic (exact) mass is 387 g/mol. The molecule has 1 aliphatic rings. The van der Waals surface area contributed by atoms with E-state index in [9.17, 15) is 0 Å². The van der Waals surface area contributed by atoms with Crippen LogP contribution in [0.3, 0.4) is 0 Å². The molecule has 0 bridgehead atoms. The Balaban J connectivity index is 1.45. The summed E-state index contributed by atoms with van der Waals surface area (Å²) in [6, 6.07) is 27.2. The zero-order chi connectivity index (χ0) is 18.9. The maximum atomic E-state index is 6.06.